The molecular weight excluding hydrogens is 176 g/mol. The number of nitrogens with zero attached hydrogens (tertiary/aromatic N) is 1. The Hall–Kier alpha value is -0.120. The zero-order chi connectivity index (χ0) is 10.0. The van der Waals surface area contributed by atoms with Crippen molar-refractivity contribution in [1.82, 2.24) is 5.01 Å². The fourth-order valence-corrected chi connectivity index (χ4v) is 3.21. The molecule has 82 valence electrons. The first-order valence-electron chi connectivity index (χ1n) is 5.84. The minimum Gasteiger partial charge on any atom is -0.381 e. The van der Waals surface area contributed by atoms with E-state index in [1.165, 1.54) is 25.7 Å². The minimum atomic E-state index is 0.504. The molecule has 2 rings (SSSR count). The molecule has 1 aliphatic carbocycles. The summed E-state index contributed by atoms with van der Waals surface area (Å²) in [4.78, 5) is 0. The van der Waals surface area contributed by atoms with Crippen LogP contribution in [0.1, 0.15) is 32.6 Å². The molecule has 0 amide bonds. The summed E-state index contributed by atoms with van der Waals surface area (Å²) >= 11 is 0. The van der Waals surface area contributed by atoms with Gasteiger partial charge in [0.2, 0.25) is 0 Å². The van der Waals surface area contributed by atoms with E-state index in [1.807, 2.05) is 5.01 Å². The predicted molar refractivity (Wildman–Crippen MR) is 56.6 cm³/mol. The minimum absolute atomic E-state index is 0.504. The molecule has 1 saturated heterocycles. The van der Waals surface area contributed by atoms with Crippen molar-refractivity contribution >= 4 is 0 Å². The van der Waals surface area contributed by atoms with Crippen LogP contribution in [-0.4, -0.2) is 31.3 Å². The Kier molecular flexibility index (Phi) is 3.10. The number of nitrogens with two attached hydrogens (primary N) is 1. The molecule has 0 aromatic rings. The van der Waals surface area contributed by atoms with Crippen LogP contribution in [-0.2, 0) is 4.74 Å². The maximum atomic E-state index is 5.93. The average Bonchev–Trinajstić information content (AvgIpc) is 2.72. The second-order valence-corrected chi connectivity index (χ2v) is 4.86. The third-order valence-electron chi connectivity index (χ3n) is 3.96. The highest BCUT2D eigenvalue weighted by Gasteiger charge is 2.47. The van der Waals surface area contributed by atoms with Crippen LogP contribution in [0.4, 0.5) is 0 Å². The summed E-state index contributed by atoms with van der Waals surface area (Å²) in [6.07, 6.45) is 5.49. The lowest BCUT2D eigenvalue weighted by molar-refractivity contribution is 0.0688. The van der Waals surface area contributed by atoms with Crippen LogP contribution in [0.3, 0.4) is 0 Å². The maximum Gasteiger partial charge on any atom is 0.0512 e. The van der Waals surface area contributed by atoms with Crippen LogP contribution in [0, 0.1) is 11.3 Å². The second-order valence-electron chi connectivity index (χ2n) is 4.86. The van der Waals surface area contributed by atoms with Gasteiger partial charge in [0.15, 0.2) is 0 Å². The van der Waals surface area contributed by atoms with Crippen molar-refractivity contribution in [2.45, 2.75) is 32.6 Å². The van der Waals surface area contributed by atoms with E-state index in [4.69, 9.17) is 10.6 Å². The van der Waals surface area contributed by atoms with E-state index in [2.05, 4.69) is 6.92 Å². The Morgan fingerprint density at radius 1 is 1.43 bits per heavy atom. The molecule has 1 heterocycles. The van der Waals surface area contributed by atoms with E-state index >= 15 is 0 Å². The van der Waals surface area contributed by atoms with Crippen molar-refractivity contribution in [2.75, 3.05) is 26.3 Å². The van der Waals surface area contributed by atoms with Gasteiger partial charge in [0, 0.05) is 25.6 Å². The topological polar surface area (TPSA) is 38.5 Å². The fourth-order valence-electron chi connectivity index (χ4n) is 3.21. The van der Waals surface area contributed by atoms with E-state index in [0.29, 0.717) is 11.3 Å². The molecule has 14 heavy (non-hydrogen) atoms. The van der Waals surface area contributed by atoms with Gasteiger partial charge < -0.3 is 4.74 Å². The first-order valence-corrected chi connectivity index (χ1v) is 5.84. The summed E-state index contributed by atoms with van der Waals surface area (Å²) in [5.41, 5.74) is 0.504. The fraction of sp³-hybridized carbons (Fsp3) is 1.00. The van der Waals surface area contributed by atoms with E-state index in [1.54, 1.807) is 0 Å². The quantitative estimate of drug-likeness (QED) is 0.696. The van der Waals surface area contributed by atoms with Gasteiger partial charge in [-0.05, 0) is 25.2 Å². The number of hydrazine groups is 1. The monoisotopic (exact) mass is 198 g/mol. The highest BCUT2D eigenvalue weighted by molar-refractivity contribution is 4.97. The Bertz CT molecular complexity index is 190. The Morgan fingerprint density at radius 3 is 2.79 bits per heavy atom. The summed E-state index contributed by atoms with van der Waals surface area (Å²) < 4.78 is 5.57. The predicted octanol–water partition coefficient (Wildman–Crippen LogP) is 1.39. The highest BCUT2D eigenvalue weighted by Crippen LogP contribution is 2.48. The number of ether oxygens (including phenoxy) is 1. The molecule has 1 atom stereocenters. The maximum absolute atomic E-state index is 5.93. The molecule has 0 bridgehead atoms. The highest BCUT2D eigenvalue weighted by atomic mass is 16.5. The molecular formula is C11H22N2O. The first-order chi connectivity index (χ1) is 6.77. The molecule has 1 saturated carbocycles. The van der Waals surface area contributed by atoms with Crippen molar-refractivity contribution in [3.05, 3.63) is 0 Å². The van der Waals surface area contributed by atoms with E-state index < -0.39 is 0 Å². The average molecular weight is 198 g/mol. The zero-order valence-corrected chi connectivity index (χ0v) is 9.17. The van der Waals surface area contributed by atoms with Crippen LogP contribution < -0.4 is 5.84 Å². The van der Waals surface area contributed by atoms with Gasteiger partial charge in [0.25, 0.3) is 0 Å². The molecule has 0 radical (unpaired) electrons. The standard InChI is InChI=1S/C11H22N2O/c1-2-14-8-10-7-13(12)9-11(10)5-3-4-6-11/h10H,2-9,12H2,1H3/t10-/m1/s1. The summed E-state index contributed by atoms with van der Waals surface area (Å²) in [6.45, 7) is 5.92. The van der Waals surface area contributed by atoms with Gasteiger partial charge in [-0.15, -0.1) is 0 Å². The largest absolute Gasteiger partial charge is 0.381 e. The summed E-state index contributed by atoms with van der Waals surface area (Å²) in [6, 6.07) is 0. The Morgan fingerprint density at radius 2 is 2.14 bits per heavy atom. The molecule has 3 heteroatoms. The van der Waals surface area contributed by atoms with Crippen LogP contribution in [0.15, 0.2) is 0 Å². The molecule has 3 nitrogen and oxygen atoms in total. The Balaban J connectivity index is 1.98. The van der Waals surface area contributed by atoms with Gasteiger partial charge >= 0.3 is 0 Å². The lowest BCUT2D eigenvalue weighted by Gasteiger charge is -2.29. The van der Waals surface area contributed by atoms with Crippen LogP contribution >= 0.6 is 0 Å². The van der Waals surface area contributed by atoms with Crippen molar-refractivity contribution in [2.24, 2.45) is 17.2 Å². The lowest BCUT2D eigenvalue weighted by atomic mass is 9.77. The summed E-state index contributed by atoms with van der Waals surface area (Å²) in [5, 5.41) is 2.00. The number of hydrogen-bond acceptors (Lipinski definition) is 3. The summed E-state index contributed by atoms with van der Waals surface area (Å²) in [7, 11) is 0. The third kappa shape index (κ3) is 1.81. The van der Waals surface area contributed by atoms with Gasteiger partial charge in [-0.2, -0.15) is 0 Å². The molecule has 1 spiro atoms. The van der Waals surface area contributed by atoms with Crippen LogP contribution in [0.2, 0.25) is 0 Å². The van der Waals surface area contributed by atoms with Gasteiger partial charge in [0.05, 0.1) is 6.61 Å². The number of hydrogen-bond donors (Lipinski definition) is 1. The molecule has 2 N–H and O–H groups in total. The molecule has 1 aliphatic heterocycles. The molecule has 2 fully saturated rings. The van der Waals surface area contributed by atoms with Crippen molar-refractivity contribution in [3.8, 4) is 0 Å². The Labute approximate surface area is 86.6 Å². The van der Waals surface area contributed by atoms with Gasteiger partial charge in [-0.25, -0.2) is 5.01 Å². The molecule has 0 unspecified atom stereocenters. The van der Waals surface area contributed by atoms with E-state index in [0.717, 1.165) is 26.3 Å². The normalized spacial score (nSPS) is 31.7. The zero-order valence-electron chi connectivity index (χ0n) is 9.17. The molecule has 0 aromatic carbocycles. The SMILES string of the molecule is CCOC[C@H]1CN(N)CC12CCCC2. The second kappa shape index (κ2) is 4.17. The van der Waals surface area contributed by atoms with Gasteiger partial charge in [-0.1, -0.05) is 12.8 Å². The van der Waals surface area contributed by atoms with E-state index in [-0.39, 0.29) is 0 Å². The van der Waals surface area contributed by atoms with Crippen molar-refractivity contribution in [3.63, 3.8) is 0 Å². The molecule has 0 aromatic heterocycles. The van der Waals surface area contributed by atoms with Crippen molar-refractivity contribution < 1.29 is 4.74 Å². The first kappa shape index (κ1) is 10.4. The van der Waals surface area contributed by atoms with Crippen molar-refractivity contribution in [1.29, 1.82) is 0 Å². The van der Waals surface area contributed by atoms with Crippen LogP contribution in [0.25, 0.3) is 0 Å². The summed E-state index contributed by atoms with van der Waals surface area (Å²) in [5.74, 6) is 6.61. The number of rotatable bonds is 3. The van der Waals surface area contributed by atoms with E-state index in [9.17, 15) is 0 Å². The van der Waals surface area contributed by atoms with Gasteiger partial charge in [0.1, 0.15) is 0 Å². The van der Waals surface area contributed by atoms with Gasteiger partial charge in [-0.3, -0.25) is 5.84 Å². The third-order valence-corrected chi connectivity index (χ3v) is 3.96. The smallest absolute Gasteiger partial charge is 0.0512 e. The van der Waals surface area contributed by atoms with Crippen LogP contribution in [0.5, 0.6) is 0 Å². The lowest BCUT2D eigenvalue weighted by Crippen LogP contribution is -2.31. The molecule has 2 aliphatic rings.